The number of rotatable bonds is 1. The van der Waals surface area contributed by atoms with E-state index in [0.29, 0.717) is 0 Å². The van der Waals surface area contributed by atoms with E-state index in [1.165, 1.54) is 0 Å². The van der Waals surface area contributed by atoms with Gasteiger partial charge in [-0.2, -0.15) is 0 Å². The number of aliphatic carboxylic acids is 1. The van der Waals surface area contributed by atoms with Crippen molar-refractivity contribution >= 4 is 5.97 Å². The van der Waals surface area contributed by atoms with E-state index in [-0.39, 0.29) is 95.2 Å². The Hall–Kier alpha value is 2.43. The predicted octanol–water partition coefficient (Wildman–Crippen LogP) is -9.96. The molecule has 6 heteroatoms. The van der Waals surface area contributed by atoms with Gasteiger partial charge in [0.05, 0.1) is 6.54 Å². The van der Waals surface area contributed by atoms with Gasteiger partial charge in [-0.25, -0.2) is 0 Å². The molecular weight excluding hydrogens is 139 g/mol. The fourth-order valence-corrected chi connectivity index (χ4v) is 0. The van der Waals surface area contributed by atoms with Gasteiger partial charge in [-0.05, 0) is 0 Å². The van der Waals surface area contributed by atoms with Crippen molar-refractivity contribution in [2.75, 3.05) is 6.54 Å². The molecule has 0 saturated heterocycles. The Morgan fingerprint density at radius 2 is 1.50 bits per heavy atom. The third-order valence-electron chi connectivity index (χ3n) is 0.175. The van der Waals surface area contributed by atoms with Gasteiger partial charge >= 0.3 is 94.6 Å². The maximum absolute atomic E-state index is 9.24. The molecule has 3 N–H and O–H groups in total. The van der Waals surface area contributed by atoms with Crippen LogP contribution in [-0.4, -0.2) is 17.6 Å². The Bertz CT molecular complexity index is 50.5. The van der Waals surface area contributed by atoms with Crippen LogP contribution >= 0.6 is 0 Å². The van der Waals surface area contributed by atoms with Crippen molar-refractivity contribution in [3.8, 4) is 0 Å². The summed E-state index contributed by atoms with van der Waals surface area (Å²) < 4.78 is 0. The van der Waals surface area contributed by atoms with Gasteiger partial charge in [0.1, 0.15) is 0 Å². The zero-order valence-electron chi connectivity index (χ0n) is 5.64. The molecule has 0 aromatic heterocycles. The summed E-state index contributed by atoms with van der Waals surface area (Å²) in [6, 6.07) is 0. The van der Waals surface area contributed by atoms with E-state index in [1.54, 1.807) is 0 Å². The summed E-state index contributed by atoms with van der Waals surface area (Å²) in [6.45, 7) is -0.278. The molecule has 0 spiro atoms. The van der Waals surface area contributed by atoms with Crippen LogP contribution in [0, 0.1) is 0 Å². The molecule has 0 radical (unpaired) electrons. The Balaban J connectivity index is -0.0000000267. The molecule has 0 saturated carbocycles. The summed E-state index contributed by atoms with van der Waals surface area (Å²) in [6.07, 6.45) is 0. The van der Waals surface area contributed by atoms with Gasteiger partial charge < -0.3 is 10.8 Å². The second-order valence-electron chi connectivity index (χ2n) is 0.598. The van der Waals surface area contributed by atoms with Crippen LogP contribution < -0.4 is 94.4 Å². The quantitative estimate of drug-likeness (QED) is 0.359. The third-order valence-corrected chi connectivity index (χ3v) is 0.175. The minimum atomic E-state index is -0.968. The molecule has 0 aromatic carbocycles. The first kappa shape index (κ1) is 22.4. The molecule has 0 unspecified atom stereocenters. The van der Waals surface area contributed by atoms with Crippen LogP contribution in [-0.2, 0) is 4.79 Å². The molecule has 0 amide bonds. The molecule has 0 fully saturated rings. The Morgan fingerprint density at radius 3 is 1.50 bits per heavy atom. The zero-order valence-corrected chi connectivity index (χ0v) is 11.6. The Labute approximate surface area is 115 Å². The fraction of sp³-hybridized carbons (Fsp3) is 0.500. The van der Waals surface area contributed by atoms with Crippen molar-refractivity contribution in [3.63, 3.8) is 0 Å². The molecule has 0 atom stereocenters. The smallest absolute Gasteiger partial charge is 0.480 e. The van der Waals surface area contributed by atoms with Crippen molar-refractivity contribution in [2.24, 2.45) is 5.73 Å². The third kappa shape index (κ3) is 23.7. The number of hydrogen-bond acceptors (Lipinski definition) is 2. The number of carboxylic acids is 1. The molecule has 0 rings (SSSR count). The van der Waals surface area contributed by atoms with E-state index in [1.807, 2.05) is 0 Å². The van der Waals surface area contributed by atoms with Crippen molar-refractivity contribution in [1.82, 2.24) is 0 Å². The summed E-state index contributed by atoms with van der Waals surface area (Å²) >= 11 is 0. The topological polar surface area (TPSA) is 63.3 Å². The van der Waals surface area contributed by atoms with Crippen LogP contribution in [0.2, 0.25) is 0 Å². The van der Waals surface area contributed by atoms with Crippen molar-refractivity contribution in [2.45, 2.75) is 0 Å². The summed E-state index contributed by atoms with van der Waals surface area (Å²) in [5.41, 5.74) is 4.57. The summed E-state index contributed by atoms with van der Waals surface area (Å²) in [5.74, 6) is -0.968. The molecule has 3 nitrogen and oxygen atoms in total. The molecule has 8 heavy (non-hydrogen) atoms. The van der Waals surface area contributed by atoms with Crippen LogP contribution in [0.4, 0.5) is 0 Å². The molecule has 30 valence electrons. The van der Waals surface area contributed by atoms with Gasteiger partial charge in [-0.3, -0.25) is 4.79 Å². The maximum Gasteiger partial charge on any atom is 1.00 e. The van der Waals surface area contributed by atoms with E-state index in [4.69, 9.17) is 5.11 Å². The van der Waals surface area contributed by atoms with Crippen LogP contribution in [0.1, 0.15) is 0 Å². The van der Waals surface area contributed by atoms with Gasteiger partial charge in [-0.1, -0.05) is 0 Å². The minimum absolute atomic E-state index is 0. The first-order chi connectivity index (χ1) is 2.27. The van der Waals surface area contributed by atoms with E-state index in [2.05, 4.69) is 5.73 Å². The van der Waals surface area contributed by atoms with Crippen LogP contribution in [0.5, 0.6) is 0 Å². The molecule has 0 heterocycles. The van der Waals surface area contributed by atoms with Gasteiger partial charge in [0, 0.05) is 0 Å². The molecule has 0 aromatic rings. The number of carbonyl (C=O) groups is 1. The number of nitrogens with two attached hydrogens (primary N) is 1. The average Bonchev–Trinajstić information content (AvgIpc) is 1.38. The normalized spacial score (nSPS) is 4.62. The summed E-state index contributed by atoms with van der Waals surface area (Å²) in [5, 5.41) is 7.60. The molecular formula is C2H5NNa3O2+3. The van der Waals surface area contributed by atoms with Gasteiger partial charge in [0.25, 0.3) is 0 Å². The molecule has 0 aliphatic carbocycles. The minimum Gasteiger partial charge on any atom is -0.480 e. The van der Waals surface area contributed by atoms with Crippen LogP contribution in [0.15, 0.2) is 0 Å². The standard InChI is InChI=1S/C2H5NO2.3Na/c3-1-2(4)5;;;/h1,3H2,(H,4,5);;;/q;3*+1. The summed E-state index contributed by atoms with van der Waals surface area (Å²) in [7, 11) is 0. The number of carboxylic acid groups (broad SMARTS) is 1. The van der Waals surface area contributed by atoms with Crippen molar-refractivity contribution < 1.29 is 98.6 Å². The molecule has 0 aliphatic rings. The second kappa shape index (κ2) is 16.2. The van der Waals surface area contributed by atoms with Crippen LogP contribution in [0.25, 0.3) is 0 Å². The van der Waals surface area contributed by atoms with Gasteiger partial charge in [-0.15, -0.1) is 0 Å². The first-order valence-corrected chi connectivity index (χ1v) is 1.19. The molecule has 0 aliphatic heterocycles. The van der Waals surface area contributed by atoms with Gasteiger partial charge in [0.2, 0.25) is 0 Å². The van der Waals surface area contributed by atoms with E-state index in [0.717, 1.165) is 0 Å². The average molecular weight is 144 g/mol. The Kier molecular flexibility index (Phi) is 45.5. The van der Waals surface area contributed by atoms with Crippen molar-refractivity contribution in [3.05, 3.63) is 0 Å². The Morgan fingerprint density at radius 1 is 1.38 bits per heavy atom. The fourth-order valence-electron chi connectivity index (χ4n) is 0. The van der Waals surface area contributed by atoms with Crippen LogP contribution in [0.3, 0.4) is 0 Å². The first-order valence-electron chi connectivity index (χ1n) is 1.19. The van der Waals surface area contributed by atoms with E-state index in [9.17, 15) is 4.79 Å². The monoisotopic (exact) mass is 144 g/mol. The van der Waals surface area contributed by atoms with E-state index < -0.39 is 5.97 Å². The largest absolute Gasteiger partial charge is 1.00 e. The SMILES string of the molecule is NCC(=O)O.[Na+].[Na+].[Na+]. The van der Waals surface area contributed by atoms with E-state index >= 15 is 0 Å². The summed E-state index contributed by atoms with van der Waals surface area (Å²) in [4.78, 5) is 9.24. The maximum atomic E-state index is 9.24. The predicted molar refractivity (Wildman–Crippen MR) is 16.7 cm³/mol. The van der Waals surface area contributed by atoms with Gasteiger partial charge in [0.15, 0.2) is 0 Å². The van der Waals surface area contributed by atoms with Crippen molar-refractivity contribution in [1.29, 1.82) is 0 Å². The second-order valence-corrected chi connectivity index (χ2v) is 0.598. The number of hydrogen-bond donors (Lipinski definition) is 2. The molecule has 0 bridgehead atoms. The zero-order chi connectivity index (χ0) is 4.28.